The summed E-state index contributed by atoms with van der Waals surface area (Å²) in [6.45, 7) is -1.67. The molecular weight excluding hydrogens is 462 g/mol. The van der Waals surface area contributed by atoms with E-state index in [1.165, 1.54) is 12.1 Å². The second-order valence-corrected chi connectivity index (χ2v) is 8.12. The fourth-order valence-electron chi connectivity index (χ4n) is 4.07. The van der Waals surface area contributed by atoms with Crippen molar-refractivity contribution in [1.29, 1.82) is 0 Å². The van der Waals surface area contributed by atoms with Crippen LogP contribution in [0.1, 0.15) is 42.7 Å². The average molecular weight is 481 g/mol. The molecule has 2 aromatic rings. The van der Waals surface area contributed by atoms with Crippen molar-refractivity contribution in [2.75, 3.05) is 6.61 Å². The molecule has 1 unspecified atom stereocenters. The van der Waals surface area contributed by atoms with Gasteiger partial charge in [0.25, 0.3) is 0 Å². The quantitative estimate of drug-likeness (QED) is 0.440. The molecule has 1 aliphatic rings. The van der Waals surface area contributed by atoms with Gasteiger partial charge >= 0.3 is 18.3 Å². The number of benzene rings is 2. The van der Waals surface area contributed by atoms with Crippen molar-refractivity contribution in [3.05, 3.63) is 52.5 Å². The third-order valence-corrected chi connectivity index (χ3v) is 5.76. The van der Waals surface area contributed by atoms with Gasteiger partial charge in [0, 0.05) is 5.56 Å². The van der Waals surface area contributed by atoms with Crippen LogP contribution in [0.3, 0.4) is 0 Å². The number of alkyl halides is 6. The SMILES string of the molecule is O=C(O)C(c1cc(Cl)c(-c2ccc(C(F)(F)F)cc2)c(OCC(F)(F)F)c1)C1CCCC1. The van der Waals surface area contributed by atoms with E-state index in [9.17, 15) is 36.2 Å². The first-order valence-electron chi connectivity index (χ1n) is 9.80. The summed E-state index contributed by atoms with van der Waals surface area (Å²) < 4.78 is 82.0. The molecule has 0 heterocycles. The van der Waals surface area contributed by atoms with E-state index in [0.717, 1.165) is 37.1 Å². The molecule has 2 aromatic carbocycles. The molecule has 0 radical (unpaired) electrons. The Labute approximate surface area is 184 Å². The van der Waals surface area contributed by atoms with E-state index in [-0.39, 0.29) is 33.4 Å². The van der Waals surface area contributed by atoms with Crippen molar-refractivity contribution in [3.8, 4) is 16.9 Å². The Kier molecular flexibility index (Phi) is 6.97. The Morgan fingerprint density at radius 3 is 2.16 bits per heavy atom. The van der Waals surface area contributed by atoms with E-state index in [4.69, 9.17) is 16.3 Å². The molecule has 32 heavy (non-hydrogen) atoms. The van der Waals surface area contributed by atoms with Crippen LogP contribution in [0, 0.1) is 5.92 Å². The van der Waals surface area contributed by atoms with Crippen LogP contribution in [0.15, 0.2) is 36.4 Å². The summed E-state index contributed by atoms with van der Waals surface area (Å²) in [5.74, 6) is -2.65. The van der Waals surface area contributed by atoms with Gasteiger partial charge in [-0.05, 0) is 54.2 Å². The van der Waals surface area contributed by atoms with Crippen LogP contribution in [-0.2, 0) is 11.0 Å². The second kappa shape index (κ2) is 9.21. The lowest BCUT2D eigenvalue weighted by atomic mass is 9.84. The molecule has 1 fully saturated rings. The smallest absolute Gasteiger partial charge is 0.422 e. The number of hydrogen-bond acceptors (Lipinski definition) is 2. The minimum Gasteiger partial charge on any atom is -0.483 e. The molecule has 1 atom stereocenters. The van der Waals surface area contributed by atoms with E-state index in [1.54, 1.807) is 0 Å². The van der Waals surface area contributed by atoms with Crippen molar-refractivity contribution >= 4 is 17.6 Å². The van der Waals surface area contributed by atoms with Crippen molar-refractivity contribution in [2.45, 2.75) is 44.0 Å². The van der Waals surface area contributed by atoms with Gasteiger partial charge < -0.3 is 9.84 Å². The summed E-state index contributed by atoms with van der Waals surface area (Å²) in [6, 6.07) is 6.26. The summed E-state index contributed by atoms with van der Waals surface area (Å²) in [4.78, 5) is 11.9. The van der Waals surface area contributed by atoms with Crippen molar-refractivity contribution < 1.29 is 41.0 Å². The summed E-state index contributed by atoms with van der Waals surface area (Å²) in [7, 11) is 0. The fourth-order valence-corrected chi connectivity index (χ4v) is 4.40. The largest absolute Gasteiger partial charge is 0.483 e. The highest BCUT2D eigenvalue weighted by molar-refractivity contribution is 6.33. The molecule has 1 N–H and O–H groups in total. The molecule has 3 rings (SSSR count). The molecule has 3 nitrogen and oxygen atoms in total. The van der Waals surface area contributed by atoms with Crippen LogP contribution in [-0.4, -0.2) is 23.9 Å². The number of halogens is 7. The predicted molar refractivity (Wildman–Crippen MR) is 106 cm³/mol. The fraction of sp³-hybridized carbons (Fsp3) is 0.409. The van der Waals surface area contributed by atoms with Gasteiger partial charge in [-0.2, -0.15) is 26.3 Å². The molecule has 174 valence electrons. The number of ether oxygens (including phenoxy) is 1. The molecule has 10 heteroatoms. The van der Waals surface area contributed by atoms with E-state index in [1.807, 2.05) is 0 Å². The number of carboxylic acids is 1. The Bertz CT molecular complexity index is 963. The van der Waals surface area contributed by atoms with Gasteiger partial charge in [-0.25, -0.2) is 0 Å². The number of aliphatic carboxylic acids is 1. The van der Waals surface area contributed by atoms with Crippen molar-refractivity contribution in [1.82, 2.24) is 0 Å². The highest BCUT2D eigenvalue weighted by Crippen LogP contribution is 2.44. The molecule has 0 spiro atoms. The number of hydrogen-bond donors (Lipinski definition) is 1. The lowest BCUT2D eigenvalue weighted by molar-refractivity contribution is -0.153. The van der Waals surface area contributed by atoms with Crippen LogP contribution >= 0.6 is 11.6 Å². The maximum absolute atomic E-state index is 12.9. The maximum Gasteiger partial charge on any atom is 0.422 e. The zero-order valence-electron chi connectivity index (χ0n) is 16.6. The summed E-state index contributed by atoms with van der Waals surface area (Å²) >= 11 is 6.33. The molecule has 0 amide bonds. The zero-order chi connectivity index (χ0) is 23.7. The van der Waals surface area contributed by atoms with Gasteiger partial charge in [-0.3, -0.25) is 4.79 Å². The molecule has 1 aliphatic carbocycles. The number of carbonyl (C=O) groups is 1. The van der Waals surface area contributed by atoms with Gasteiger partial charge in [0.2, 0.25) is 0 Å². The first-order valence-corrected chi connectivity index (χ1v) is 10.2. The summed E-state index contributed by atoms with van der Waals surface area (Å²) in [5.41, 5.74) is -0.662. The van der Waals surface area contributed by atoms with Crippen LogP contribution in [0.4, 0.5) is 26.3 Å². The van der Waals surface area contributed by atoms with Gasteiger partial charge in [0.15, 0.2) is 6.61 Å². The average Bonchev–Trinajstić information content (AvgIpc) is 3.19. The lowest BCUT2D eigenvalue weighted by Gasteiger charge is -2.23. The molecule has 0 saturated heterocycles. The van der Waals surface area contributed by atoms with Crippen LogP contribution in [0.2, 0.25) is 5.02 Å². The molecule has 0 aliphatic heterocycles. The lowest BCUT2D eigenvalue weighted by Crippen LogP contribution is -2.21. The Hall–Kier alpha value is -2.42. The Balaban J connectivity index is 2.08. The van der Waals surface area contributed by atoms with Gasteiger partial charge in [-0.15, -0.1) is 0 Å². The first kappa shape index (κ1) is 24.2. The molecule has 0 bridgehead atoms. The highest BCUT2D eigenvalue weighted by atomic mass is 35.5. The molecular formula is C22H19ClF6O3. The molecule has 0 aromatic heterocycles. The van der Waals surface area contributed by atoms with E-state index in [0.29, 0.717) is 12.8 Å². The number of carboxylic acid groups (broad SMARTS) is 1. The Morgan fingerprint density at radius 2 is 1.66 bits per heavy atom. The summed E-state index contributed by atoms with van der Waals surface area (Å²) in [6.07, 6.45) is -6.25. The van der Waals surface area contributed by atoms with Crippen LogP contribution in [0.25, 0.3) is 11.1 Å². The first-order chi connectivity index (χ1) is 14.9. The predicted octanol–water partition coefficient (Wildman–Crippen LogP) is 7.33. The minimum absolute atomic E-state index is 0.0380. The van der Waals surface area contributed by atoms with E-state index >= 15 is 0 Å². The van der Waals surface area contributed by atoms with Gasteiger partial charge in [-0.1, -0.05) is 36.6 Å². The third-order valence-electron chi connectivity index (χ3n) is 5.47. The molecule has 1 saturated carbocycles. The maximum atomic E-state index is 12.9. The number of rotatable bonds is 6. The zero-order valence-corrected chi connectivity index (χ0v) is 17.3. The third kappa shape index (κ3) is 5.68. The van der Waals surface area contributed by atoms with Gasteiger partial charge in [0.1, 0.15) is 5.75 Å². The van der Waals surface area contributed by atoms with Crippen LogP contribution in [0.5, 0.6) is 5.75 Å². The minimum atomic E-state index is -4.68. The van der Waals surface area contributed by atoms with E-state index in [2.05, 4.69) is 0 Å². The second-order valence-electron chi connectivity index (χ2n) is 7.72. The normalized spacial score (nSPS) is 16.2. The van der Waals surface area contributed by atoms with Crippen molar-refractivity contribution in [3.63, 3.8) is 0 Å². The van der Waals surface area contributed by atoms with Crippen LogP contribution < -0.4 is 4.74 Å². The standard InChI is InChI=1S/C22H19ClF6O3/c23-16-9-14(18(20(30)31)12-3-1-2-4-12)10-17(32-11-21(24,25)26)19(16)13-5-7-15(8-6-13)22(27,28)29/h5-10,12,18H,1-4,11H2,(H,30,31). The van der Waals surface area contributed by atoms with E-state index < -0.39 is 36.4 Å². The van der Waals surface area contributed by atoms with Gasteiger partial charge in [0.05, 0.1) is 16.5 Å². The monoisotopic (exact) mass is 480 g/mol. The van der Waals surface area contributed by atoms with Crippen molar-refractivity contribution in [2.24, 2.45) is 5.92 Å². The topological polar surface area (TPSA) is 46.5 Å². The highest BCUT2D eigenvalue weighted by Gasteiger charge is 2.35. The Morgan fingerprint density at radius 1 is 1.06 bits per heavy atom. The summed E-state index contributed by atoms with van der Waals surface area (Å²) in [5, 5.41) is 9.64.